The van der Waals surface area contributed by atoms with Crippen LogP contribution in [0.25, 0.3) is 55.6 Å². The van der Waals surface area contributed by atoms with Crippen molar-refractivity contribution in [3.8, 4) is 55.6 Å². The first-order valence-corrected chi connectivity index (χ1v) is 18.5. The lowest BCUT2D eigenvalue weighted by Crippen LogP contribution is -2.10. The van der Waals surface area contributed by atoms with Crippen LogP contribution in [-0.4, -0.2) is 0 Å². The molecule has 0 saturated heterocycles. The van der Waals surface area contributed by atoms with E-state index in [2.05, 4.69) is 229 Å². The first-order chi connectivity index (χ1) is 25.5. The summed E-state index contributed by atoms with van der Waals surface area (Å²) >= 11 is 3.80. The van der Waals surface area contributed by atoms with Crippen LogP contribution in [-0.2, 0) is 0 Å². The summed E-state index contributed by atoms with van der Waals surface area (Å²) in [4.78, 5) is 2.36. The molecule has 0 aliphatic heterocycles. The van der Waals surface area contributed by atoms with Crippen molar-refractivity contribution in [3.05, 3.63) is 210 Å². The smallest absolute Gasteiger partial charge is 0.0464 e. The van der Waals surface area contributed by atoms with Crippen molar-refractivity contribution in [2.24, 2.45) is 0 Å². The van der Waals surface area contributed by atoms with Gasteiger partial charge in [-0.15, -0.1) is 0 Å². The van der Waals surface area contributed by atoms with Crippen molar-refractivity contribution in [1.29, 1.82) is 0 Å². The van der Waals surface area contributed by atoms with Crippen molar-refractivity contribution in [3.63, 3.8) is 0 Å². The van der Waals surface area contributed by atoms with Crippen LogP contribution in [0.2, 0.25) is 0 Å². The lowest BCUT2D eigenvalue weighted by atomic mass is 9.89. The maximum atomic E-state index is 3.80. The zero-order valence-electron chi connectivity index (χ0n) is 29.3. The van der Waals surface area contributed by atoms with Gasteiger partial charge in [0, 0.05) is 21.5 Å². The molecule has 8 aromatic rings. The highest BCUT2D eigenvalue weighted by Gasteiger charge is 2.17. The van der Waals surface area contributed by atoms with Crippen molar-refractivity contribution in [1.82, 2.24) is 0 Å². The SMILES string of the molecule is Cc1ccccc1-c1ccc(N(c2ccc(-c3ccccc3)cc2)c2ccc(-c3ccccc3-c3ccccc3-c3ccccc3Br)cc2)cc1C. The molecule has 250 valence electrons. The molecule has 2 heteroatoms. The van der Waals surface area contributed by atoms with E-state index in [-0.39, 0.29) is 0 Å². The number of hydrogen-bond acceptors (Lipinski definition) is 1. The maximum absolute atomic E-state index is 3.80. The second kappa shape index (κ2) is 14.7. The van der Waals surface area contributed by atoms with Crippen LogP contribution >= 0.6 is 15.9 Å². The van der Waals surface area contributed by atoms with E-state index in [0.29, 0.717) is 0 Å². The molecular weight excluding hydrogens is 694 g/mol. The Morgan fingerprint density at radius 2 is 0.731 bits per heavy atom. The van der Waals surface area contributed by atoms with E-state index in [0.717, 1.165) is 21.5 Å². The highest BCUT2D eigenvalue weighted by molar-refractivity contribution is 9.10. The number of anilines is 3. The number of halogens is 1. The van der Waals surface area contributed by atoms with Gasteiger partial charge in [0.05, 0.1) is 0 Å². The van der Waals surface area contributed by atoms with Gasteiger partial charge in [-0.1, -0.05) is 168 Å². The quantitative estimate of drug-likeness (QED) is 0.150. The van der Waals surface area contributed by atoms with Gasteiger partial charge in [0.2, 0.25) is 0 Å². The molecular formula is C50H38BrN. The predicted molar refractivity (Wildman–Crippen MR) is 225 cm³/mol. The third kappa shape index (κ3) is 6.62. The molecule has 0 amide bonds. The lowest BCUT2D eigenvalue weighted by Gasteiger charge is -2.27. The summed E-state index contributed by atoms with van der Waals surface area (Å²) in [7, 11) is 0. The van der Waals surface area contributed by atoms with Crippen LogP contribution in [0.1, 0.15) is 11.1 Å². The number of nitrogens with zero attached hydrogens (tertiary/aromatic N) is 1. The topological polar surface area (TPSA) is 3.24 Å². The fourth-order valence-corrected chi connectivity index (χ4v) is 7.74. The van der Waals surface area contributed by atoms with E-state index >= 15 is 0 Å². The normalized spacial score (nSPS) is 11.0. The Balaban J connectivity index is 1.20. The van der Waals surface area contributed by atoms with E-state index in [1.165, 1.54) is 66.8 Å². The van der Waals surface area contributed by atoms with Crippen LogP contribution in [0, 0.1) is 13.8 Å². The Morgan fingerprint density at radius 3 is 1.33 bits per heavy atom. The number of hydrogen-bond donors (Lipinski definition) is 0. The molecule has 0 aliphatic rings. The Bertz CT molecular complexity index is 2480. The van der Waals surface area contributed by atoms with Gasteiger partial charge < -0.3 is 4.90 Å². The zero-order chi connectivity index (χ0) is 35.4. The Kier molecular flexibility index (Phi) is 9.40. The minimum Gasteiger partial charge on any atom is -0.310 e. The summed E-state index contributed by atoms with van der Waals surface area (Å²) in [6, 6.07) is 69.8. The average Bonchev–Trinajstić information content (AvgIpc) is 3.20. The largest absolute Gasteiger partial charge is 0.310 e. The molecule has 0 aliphatic carbocycles. The molecule has 0 atom stereocenters. The number of rotatable bonds is 8. The van der Waals surface area contributed by atoms with Crippen LogP contribution in [0.5, 0.6) is 0 Å². The van der Waals surface area contributed by atoms with Crippen molar-refractivity contribution < 1.29 is 0 Å². The van der Waals surface area contributed by atoms with Crippen molar-refractivity contribution in [2.45, 2.75) is 13.8 Å². The molecule has 8 rings (SSSR count). The van der Waals surface area contributed by atoms with E-state index in [1.54, 1.807) is 0 Å². The van der Waals surface area contributed by atoms with Gasteiger partial charge in [0.15, 0.2) is 0 Å². The van der Waals surface area contributed by atoms with Gasteiger partial charge in [0.1, 0.15) is 0 Å². The third-order valence-electron chi connectivity index (χ3n) is 9.88. The van der Waals surface area contributed by atoms with Crippen LogP contribution in [0.3, 0.4) is 0 Å². The fraction of sp³-hybridized carbons (Fsp3) is 0.0400. The van der Waals surface area contributed by atoms with Gasteiger partial charge in [-0.25, -0.2) is 0 Å². The van der Waals surface area contributed by atoms with Crippen LogP contribution in [0.4, 0.5) is 17.1 Å². The van der Waals surface area contributed by atoms with Gasteiger partial charge in [-0.2, -0.15) is 0 Å². The Labute approximate surface area is 315 Å². The van der Waals surface area contributed by atoms with Crippen molar-refractivity contribution >= 4 is 33.0 Å². The minimum absolute atomic E-state index is 1.09. The molecule has 52 heavy (non-hydrogen) atoms. The summed E-state index contributed by atoms with van der Waals surface area (Å²) in [5.74, 6) is 0. The summed E-state index contributed by atoms with van der Waals surface area (Å²) in [6.45, 7) is 4.40. The summed E-state index contributed by atoms with van der Waals surface area (Å²) in [5.41, 5.74) is 18.0. The second-order valence-electron chi connectivity index (χ2n) is 13.2. The zero-order valence-corrected chi connectivity index (χ0v) is 30.9. The lowest BCUT2D eigenvalue weighted by molar-refractivity contribution is 1.27. The Hall–Kier alpha value is -5.96. The number of benzene rings is 8. The van der Waals surface area contributed by atoms with E-state index in [4.69, 9.17) is 0 Å². The molecule has 0 radical (unpaired) electrons. The van der Waals surface area contributed by atoms with Gasteiger partial charge in [-0.3, -0.25) is 0 Å². The van der Waals surface area contributed by atoms with E-state index in [1.807, 2.05) is 0 Å². The Morgan fingerprint density at radius 1 is 0.308 bits per heavy atom. The standard InChI is InChI=1S/C50H38BrN/c1-35-14-6-7-17-43(35)44-33-32-42(34-36(44)2)52(40-28-24-38(25-29-40)37-15-4-3-5-16-37)41-30-26-39(27-31-41)45-18-8-9-19-46(45)47-20-10-11-21-48(47)49-22-12-13-23-50(49)51/h3-34H,1-2H3. The molecule has 0 spiro atoms. The van der Waals surface area contributed by atoms with Gasteiger partial charge in [-0.05, 0) is 123 Å². The number of aryl methyl sites for hydroxylation is 2. The third-order valence-corrected chi connectivity index (χ3v) is 10.6. The fourth-order valence-electron chi connectivity index (χ4n) is 7.24. The molecule has 0 bridgehead atoms. The molecule has 0 unspecified atom stereocenters. The highest BCUT2D eigenvalue weighted by atomic mass is 79.9. The molecule has 0 heterocycles. The molecule has 8 aromatic carbocycles. The molecule has 1 nitrogen and oxygen atoms in total. The van der Waals surface area contributed by atoms with E-state index < -0.39 is 0 Å². The van der Waals surface area contributed by atoms with Crippen LogP contribution in [0.15, 0.2) is 199 Å². The van der Waals surface area contributed by atoms with Gasteiger partial charge >= 0.3 is 0 Å². The summed E-state index contributed by atoms with van der Waals surface area (Å²) < 4.78 is 1.09. The molecule has 0 fully saturated rings. The molecule has 0 aromatic heterocycles. The van der Waals surface area contributed by atoms with Crippen molar-refractivity contribution in [2.75, 3.05) is 4.90 Å². The first-order valence-electron chi connectivity index (χ1n) is 17.7. The monoisotopic (exact) mass is 731 g/mol. The van der Waals surface area contributed by atoms with Crippen LogP contribution < -0.4 is 4.90 Å². The molecule has 0 saturated carbocycles. The molecule has 0 N–H and O–H groups in total. The minimum atomic E-state index is 1.09. The average molecular weight is 733 g/mol. The summed E-state index contributed by atoms with van der Waals surface area (Å²) in [5, 5.41) is 0. The summed E-state index contributed by atoms with van der Waals surface area (Å²) in [6.07, 6.45) is 0. The van der Waals surface area contributed by atoms with E-state index in [9.17, 15) is 0 Å². The maximum Gasteiger partial charge on any atom is 0.0464 e. The highest BCUT2D eigenvalue weighted by Crippen LogP contribution is 2.42. The van der Waals surface area contributed by atoms with Gasteiger partial charge in [0.25, 0.3) is 0 Å². The predicted octanol–water partition coefficient (Wildman–Crippen LogP) is 14.9. The second-order valence-corrected chi connectivity index (χ2v) is 14.0. The first kappa shape index (κ1) is 33.2.